The van der Waals surface area contributed by atoms with E-state index in [9.17, 15) is 14.4 Å². The van der Waals surface area contributed by atoms with Gasteiger partial charge in [-0.25, -0.2) is 4.98 Å². The Morgan fingerprint density at radius 3 is 2.74 bits per heavy atom. The van der Waals surface area contributed by atoms with E-state index in [1.54, 1.807) is 18.2 Å². The molecule has 2 amide bonds. The molecule has 0 fully saturated rings. The first-order valence-corrected chi connectivity index (χ1v) is 11.5. The molecule has 2 heterocycles. The van der Waals surface area contributed by atoms with Crippen LogP contribution in [-0.2, 0) is 15.3 Å². The fraction of sp³-hybridized carbons (Fsp3) is 0.250. The van der Waals surface area contributed by atoms with Crippen LogP contribution in [0.5, 0.6) is 11.5 Å². The van der Waals surface area contributed by atoms with Crippen molar-refractivity contribution in [3.8, 4) is 11.5 Å². The predicted octanol–water partition coefficient (Wildman–Crippen LogP) is 3.45. The molecule has 3 aromatic rings. The van der Waals surface area contributed by atoms with Crippen LogP contribution in [0.1, 0.15) is 29.0 Å². The van der Waals surface area contributed by atoms with Crippen molar-refractivity contribution >= 4 is 35.1 Å². The van der Waals surface area contributed by atoms with Gasteiger partial charge in [0.15, 0.2) is 5.16 Å². The zero-order valence-corrected chi connectivity index (χ0v) is 19.7. The molecule has 176 valence electrons. The highest BCUT2D eigenvalue weighted by molar-refractivity contribution is 7.98. The maximum atomic E-state index is 13.1. The lowest BCUT2D eigenvalue weighted by Crippen LogP contribution is -2.36. The van der Waals surface area contributed by atoms with E-state index in [1.807, 2.05) is 25.1 Å². The molecule has 10 heteroatoms. The second-order valence-corrected chi connectivity index (χ2v) is 8.74. The van der Waals surface area contributed by atoms with E-state index < -0.39 is 17.4 Å². The van der Waals surface area contributed by atoms with E-state index in [-0.39, 0.29) is 23.7 Å². The van der Waals surface area contributed by atoms with Crippen LogP contribution in [0, 0.1) is 6.92 Å². The molecule has 0 bridgehead atoms. The van der Waals surface area contributed by atoms with Gasteiger partial charge < -0.3 is 25.1 Å². The van der Waals surface area contributed by atoms with E-state index >= 15 is 0 Å². The van der Waals surface area contributed by atoms with Gasteiger partial charge >= 0.3 is 0 Å². The normalized spacial score (nSPS) is 14.7. The van der Waals surface area contributed by atoms with Crippen molar-refractivity contribution < 1.29 is 19.1 Å². The van der Waals surface area contributed by atoms with Gasteiger partial charge in [0, 0.05) is 18.2 Å². The van der Waals surface area contributed by atoms with Crippen LogP contribution in [0.2, 0.25) is 0 Å². The monoisotopic (exact) mass is 480 g/mol. The average molecular weight is 481 g/mol. The SMILES string of the molecule is COc1ccc(NC(=O)C2CC(=O)Nc3nc(SCc4cccc(C)c4)[nH]c(=O)c32)c(OC)c1. The number of hydrogen-bond donors (Lipinski definition) is 3. The number of fused-ring (bicyclic) bond motifs is 1. The first kappa shape index (κ1) is 23.4. The first-order valence-electron chi connectivity index (χ1n) is 10.5. The van der Waals surface area contributed by atoms with Crippen molar-refractivity contribution in [2.45, 2.75) is 30.2 Å². The number of aromatic nitrogens is 2. The second kappa shape index (κ2) is 10.0. The molecular weight excluding hydrogens is 456 g/mol. The molecule has 0 aliphatic carbocycles. The molecule has 1 atom stereocenters. The number of nitrogens with zero attached hydrogens (tertiary/aromatic N) is 1. The Balaban J connectivity index is 1.58. The highest BCUT2D eigenvalue weighted by Gasteiger charge is 2.35. The van der Waals surface area contributed by atoms with Crippen molar-refractivity contribution in [3.63, 3.8) is 0 Å². The van der Waals surface area contributed by atoms with Gasteiger partial charge in [0.1, 0.15) is 17.3 Å². The Kier molecular flexibility index (Phi) is 6.87. The van der Waals surface area contributed by atoms with Crippen LogP contribution in [0.25, 0.3) is 0 Å². The maximum Gasteiger partial charge on any atom is 0.257 e. The maximum absolute atomic E-state index is 13.1. The minimum Gasteiger partial charge on any atom is -0.497 e. The minimum absolute atomic E-state index is 0.105. The van der Waals surface area contributed by atoms with Crippen LogP contribution in [0.3, 0.4) is 0 Å². The van der Waals surface area contributed by atoms with Crippen LogP contribution >= 0.6 is 11.8 Å². The summed E-state index contributed by atoms with van der Waals surface area (Å²) in [4.78, 5) is 45.6. The van der Waals surface area contributed by atoms with E-state index in [1.165, 1.54) is 26.0 Å². The van der Waals surface area contributed by atoms with Gasteiger partial charge in [-0.1, -0.05) is 41.6 Å². The summed E-state index contributed by atoms with van der Waals surface area (Å²) in [5.41, 5.74) is 2.29. The standard InChI is InChI=1S/C24H24N4O5S/c1-13-5-4-6-14(9-13)12-34-24-27-21-20(23(31)28-24)16(11-19(29)26-21)22(30)25-17-8-7-15(32-2)10-18(17)33-3/h4-10,16H,11-12H2,1-3H3,(H,25,30)(H2,26,27,28,29,31). The lowest BCUT2D eigenvalue weighted by Gasteiger charge is -2.24. The molecular formula is C24H24N4O5S. The minimum atomic E-state index is -0.998. The van der Waals surface area contributed by atoms with Crippen molar-refractivity contribution in [3.05, 3.63) is 69.5 Å². The number of carbonyl (C=O) groups excluding carboxylic acids is 2. The largest absolute Gasteiger partial charge is 0.497 e. The molecule has 0 saturated carbocycles. The summed E-state index contributed by atoms with van der Waals surface area (Å²) in [6.45, 7) is 2.01. The second-order valence-electron chi connectivity index (χ2n) is 7.77. The Labute approximate surface area is 200 Å². The Hall–Kier alpha value is -3.79. The summed E-state index contributed by atoms with van der Waals surface area (Å²) in [6.07, 6.45) is -0.169. The molecule has 0 saturated heterocycles. The van der Waals surface area contributed by atoms with Crippen molar-refractivity contribution in [2.24, 2.45) is 0 Å². The Morgan fingerprint density at radius 2 is 2.00 bits per heavy atom. The van der Waals surface area contributed by atoms with Gasteiger partial charge in [0.2, 0.25) is 11.8 Å². The van der Waals surface area contributed by atoms with Gasteiger partial charge in [-0.05, 0) is 24.6 Å². The number of hydrogen-bond acceptors (Lipinski definition) is 7. The smallest absolute Gasteiger partial charge is 0.257 e. The number of carbonyl (C=O) groups is 2. The number of amides is 2. The molecule has 34 heavy (non-hydrogen) atoms. The number of ether oxygens (including phenoxy) is 2. The average Bonchev–Trinajstić information content (AvgIpc) is 2.82. The Morgan fingerprint density at radius 1 is 1.18 bits per heavy atom. The van der Waals surface area contributed by atoms with Gasteiger partial charge in [0.05, 0.1) is 31.4 Å². The molecule has 0 spiro atoms. The summed E-state index contributed by atoms with van der Waals surface area (Å²) in [5, 5.41) is 5.75. The lowest BCUT2D eigenvalue weighted by molar-refractivity contribution is -0.123. The van der Waals surface area contributed by atoms with Crippen molar-refractivity contribution in [1.82, 2.24) is 9.97 Å². The number of nitrogens with one attached hydrogen (secondary N) is 3. The van der Waals surface area contributed by atoms with Crippen LogP contribution in [-0.4, -0.2) is 36.0 Å². The number of aromatic amines is 1. The quantitative estimate of drug-likeness (QED) is 0.350. The summed E-state index contributed by atoms with van der Waals surface area (Å²) in [5.74, 6) is -0.236. The topological polar surface area (TPSA) is 122 Å². The zero-order valence-electron chi connectivity index (χ0n) is 18.9. The number of aryl methyl sites for hydroxylation is 1. The van der Waals surface area contributed by atoms with Gasteiger partial charge in [-0.3, -0.25) is 14.4 Å². The number of anilines is 2. The Bertz CT molecular complexity index is 1310. The van der Waals surface area contributed by atoms with Crippen molar-refractivity contribution in [2.75, 3.05) is 24.9 Å². The fourth-order valence-corrected chi connectivity index (χ4v) is 4.52. The van der Waals surface area contributed by atoms with E-state index in [0.29, 0.717) is 28.1 Å². The molecule has 1 aromatic heterocycles. The number of thioether (sulfide) groups is 1. The summed E-state index contributed by atoms with van der Waals surface area (Å²) < 4.78 is 10.5. The van der Waals surface area contributed by atoms with Crippen LogP contribution in [0.15, 0.2) is 52.4 Å². The van der Waals surface area contributed by atoms with Crippen LogP contribution in [0.4, 0.5) is 11.5 Å². The number of rotatable bonds is 7. The molecule has 9 nitrogen and oxygen atoms in total. The zero-order chi connectivity index (χ0) is 24.2. The fourth-order valence-electron chi connectivity index (χ4n) is 3.72. The third kappa shape index (κ3) is 5.07. The molecule has 1 unspecified atom stereocenters. The lowest BCUT2D eigenvalue weighted by atomic mass is 9.92. The highest BCUT2D eigenvalue weighted by atomic mass is 32.2. The molecule has 3 N–H and O–H groups in total. The van der Waals surface area contributed by atoms with E-state index in [0.717, 1.165) is 11.1 Å². The number of methoxy groups -OCH3 is 2. The van der Waals surface area contributed by atoms with Gasteiger partial charge in [-0.2, -0.15) is 0 Å². The summed E-state index contributed by atoms with van der Waals surface area (Å²) >= 11 is 1.34. The number of H-pyrrole nitrogens is 1. The molecule has 0 radical (unpaired) electrons. The summed E-state index contributed by atoms with van der Waals surface area (Å²) in [6, 6.07) is 13.0. The first-order chi connectivity index (χ1) is 16.4. The third-order valence-corrected chi connectivity index (χ3v) is 6.31. The predicted molar refractivity (Wildman–Crippen MR) is 130 cm³/mol. The third-order valence-electron chi connectivity index (χ3n) is 5.37. The molecule has 1 aliphatic rings. The molecule has 2 aromatic carbocycles. The molecule has 4 rings (SSSR count). The number of benzene rings is 2. The van der Waals surface area contributed by atoms with Crippen molar-refractivity contribution in [1.29, 1.82) is 0 Å². The molecule has 1 aliphatic heterocycles. The summed E-state index contributed by atoms with van der Waals surface area (Å²) in [7, 11) is 3.00. The van der Waals surface area contributed by atoms with Gasteiger partial charge in [-0.15, -0.1) is 0 Å². The highest BCUT2D eigenvalue weighted by Crippen LogP contribution is 2.33. The van der Waals surface area contributed by atoms with E-state index in [2.05, 4.69) is 26.7 Å². The van der Waals surface area contributed by atoms with Crippen LogP contribution < -0.4 is 25.7 Å². The van der Waals surface area contributed by atoms with E-state index in [4.69, 9.17) is 9.47 Å². The van der Waals surface area contributed by atoms with Gasteiger partial charge in [0.25, 0.3) is 5.56 Å².